The van der Waals surface area contributed by atoms with Crippen LogP contribution in [0.5, 0.6) is 5.88 Å². The highest BCUT2D eigenvalue weighted by Crippen LogP contribution is 2.27. The molecule has 0 fully saturated rings. The fourth-order valence-electron chi connectivity index (χ4n) is 2.94. The van der Waals surface area contributed by atoms with Crippen LogP contribution in [0.4, 0.5) is 0 Å². The number of fused-ring (bicyclic) bond motifs is 1. The van der Waals surface area contributed by atoms with Crippen LogP contribution in [0, 0.1) is 6.92 Å². The summed E-state index contributed by atoms with van der Waals surface area (Å²) in [6.07, 6.45) is 1.07. The topological polar surface area (TPSA) is 84.4 Å². The number of carbonyl (C=O) groups is 2. The lowest BCUT2D eigenvalue weighted by Crippen LogP contribution is -2.24. The molecule has 0 bridgehead atoms. The number of hydrogen-bond acceptors (Lipinski definition) is 6. The third-order valence-corrected chi connectivity index (χ3v) is 5.47. The van der Waals surface area contributed by atoms with E-state index in [-0.39, 0.29) is 18.4 Å². The molecule has 0 atom stereocenters. The van der Waals surface area contributed by atoms with E-state index in [1.165, 1.54) is 0 Å². The van der Waals surface area contributed by atoms with Crippen molar-refractivity contribution < 1.29 is 14.3 Å². The summed E-state index contributed by atoms with van der Waals surface area (Å²) in [6, 6.07) is 1.78. The molecule has 2 aromatic rings. The number of nitrogens with zero attached hydrogens (tertiary/aromatic N) is 3. The second-order valence-corrected chi connectivity index (χ2v) is 7.05. The molecule has 8 heteroatoms. The molecule has 0 aliphatic carbocycles. The minimum absolute atomic E-state index is 0.0223. The SMILES string of the molecule is CCN1Cc2nc(OC)c(CNC(=O)CCc3scnc3C)cc2C1=O. The number of thiazole rings is 1. The van der Waals surface area contributed by atoms with Gasteiger partial charge in [0.05, 0.1) is 36.1 Å². The monoisotopic (exact) mass is 374 g/mol. The zero-order valence-corrected chi connectivity index (χ0v) is 16.0. The summed E-state index contributed by atoms with van der Waals surface area (Å²) in [6.45, 7) is 5.31. The first kappa shape index (κ1) is 18.3. The van der Waals surface area contributed by atoms with Gasteiger partial charge in [-0.2, -0.15) is 0 Å². The number of methoxy groups -OCH3 is 1. The molecule has 0 saturated carbocycles. The number of aromatic nitrogens is 2. The average molecular weight is 374 g/mol. The number of amides is 2. The van der Waals surface area contributed by atoms with Crippen LogP contribution in [0.1, 0.15) is 45.5 Å². The van der Waals surface area contributed by atoms with Gasteiger partial charge in [-0.15, -0.1) is 11.3 Å². The quantitative estimate of drug-likeness (QED) is 0.802. The van der Waals surface area contributed by atoms with E-state index in [2.05, 4.69) is 15.3 Å². The van der Waals surface area contributed by atoms with Gasteiger partial charge >= 0.3 is 0 Å². The van der Waals surface area contributed by atoms with Crippen LogP contribution < -0.4 is 10.1 Å². The first-order chi connectivity index (χ1) is 12.5. The second-order valence-electron chi connectivity index (χ2n) is 6.11. The van der Waals surface area contributed by atoms with Gasteiger partial charge in [-0.05, 0) is 26.3 Å². The lowest BCUT2D eigenvalue weighted by atomic mass is 10.1. The maximum atomic E-state index is 12.3. The summed E-state index contributed by atoms with van der Waals surface area (Å²) in [5.41, 5.74) is 4.80. The van der Waals surface area contributed by atoms with Crippen molar-refractivity contribution in [2.75, 3.05) is 13.7 Å². The Labute approximate surface area is 156 Å². The van der Waals surface area contributed by atoms with E-state index in [0.29, 0.717) is 42.9 Å². The Hall–Kier alpha value is -2.48. The first-order valence-electron chi connectivity index (χ1n) is 8.55. The van der Waals surface area contributed by atoms with Gasteiger partial charge in [0.2, 0.25) is 11.8 Å². The van der Waals surface area contributed by atoms with E-state index in [9.17, 15) is 9.59 Å². The molecule has 0 unspecified atom stereocenters. The molecule has 1 aliphatic rings. The van der Waals surface area contributed by atoms with Gasteiger partial charge in [0, 0.05) is 30.0 Å². The number of nitrogens with one attached hydrogen (secondary N) is 1. The smallest absolute Gasteiger partial charge is 0.256 e. The lowest BCUT2D eigenvalue weighted by molar-refractivity contribution is -0.121. The molecule has 0 radical (unpaired) electrons. The minimum Gasteiger partial charge on any atom is -0.481 e. The van der Waals surface area contributed by atoms with Gasteiger partial charge in [-0.1, -0.05) is 0 Å². The fourth-order valence-corrected chi connectivity index (χ4v) is 3.72. The molecule has 2 amide bonds. The maximum absolute atomic E-state index is 12.3. The molecule has 3 heterocycles. The molecule has 1 aliphatic heterocycles. The predicted octanol–water partition coefficient (Wildman–Crippen LogP) is 2.08. The van der Waals surface area contributed by atoms with E-state index < -0.39 is 0 Å². The van der Waals surface area contributed by atoms with Crippen molar-refractivity contribution in [2.24, 2.45) is 0 Å². The molecule has 138 valence electrons. The molecule has 7 nitrogen and oxygen atoms in total. The zero-order valence-electron chi connectivity index (χ0n) is 15.2. The molecule has 26 heavy (non-hydrogen) atoms. The van der Waals surface area contributed by atoms with Crippen LogP contribution in [-0.4, -0.2) is 40.3 Å². The molecule has 0 aromatic carbocycles. The standard InChI is InChI=1S/C18H22N4O3S/c1-4-22-9-14-13(18(22)24)7-12(17(21-14)25-3)8-19-16(23)6-5-15-11(2)20-10-26-15/h7,10H,4-6,8-9H2,1-3H3,(H,19,23). The third kappa shape index (κ3) is 3.70. The molecule has 0 saturated heterocycles. The first-order valence-corrected chi connectivity index (χ1v) is 9.43. The summed E-state index contributed by atoms with van der Waals surface area (Å²) in [4.78, 5) is 36.0. The summed E-state index contributed by atoms with van der Waals surface area (Å²) < 4.78 is 5.34. The normalized spacial score (nSPS) is 13.0. The summed E-state index contributed by atoms with van der Waals surface area (Å²) in [5, 5.41) is 2.89. The van der Waals surface area contributed by atoms with E-state index >= 15 is 0 Å². The Morgan fingerprint density at radius 2 is 2.27 bits per heavy atom. The number of pyridine rings is 1. The molecule has 2 aromatic heterocycles. The highest BCUT2D eigenvalue weighted by atomic mass is 32.1. The summed E-state index contributed by atoms with van der Waals surface area (Å²) in [5.74, 6) is 0.376. The van der Waals surface area contributed by atoms with Crippen molar-refractivity contribution in [1.29, 1.82) is 0 Å². The van der Waals surface area contributed by atoms with Gasteiger partial charge in [-0.25, -0.2) is 9.97 Å². The maximum Gasteiger partial charge on any atom is 0.256 e. The Morgan fingerprint density at radius 3 is 2.92 bits per heavy atom. The van der Waals surface area contributed by atoms with Crippen molar-refractivity contribution in [3.63, 3.8) is 0 Å². The fraction of sp³-hybridized carbons (Fsp3) is 0.444. The van der Waals surface area contributed by atoms with Crippen molar-refractivity contribution in [1.82, 2.24) is 20.2 Å². The van der Waals surface area contributed by atoms with Gasteiger partial charge < -0.3 is 15.0 Å². The lowest BCUT2D eigenvalue weighted by Gasteiger charge is -2.10. The van der Waals surface area contributed by atoms with Gasteiger partial charge in [0.15, 0.2) is 0 Å². The van der Waals surface area contributed by atoms with E-state index in [1.807, 2.05) is 13.8 Å². The minimum atomic E-state index is -0.0538. The van der Waals surface area contributed by atoms with Crippen molar-refractivity contribution in [2.45, 2.75) is 39.8 Å². The number of hydrogen-bond donors (Lipinski definition) is 1. The number of aryl methyl sites for hydroxylation is 2. The largest absolute Gasteiger partial charge is 0.481 e. The average Bonchev–Trinajstić information content (AvgIpc) is 3.20. The Kier molecular flexibility index (Phi) is 5.51. The second kappa shape index (κ2) is 7.82. The van der Waals surface area contributed by atoms with E-state index in [4.69, 9.17) is 4.74 Å². The Morgan fingerprint density at radius 1 is 1.46 bits per heavy atom. The van der Waals surface area contributed by atoms with Crippen LogP contribution in [0.2, 0.25) is 0 Å². The molecular weight excluding hydrogens is 352 g/mol. The predicted molar refractivity (Wildman–Crippen MR) is 98.2 cm³/mol. The Balaban J connectivity index is 1.64. The Bertz CT molecular complexity index is 834. The summed E-state index contributed by atoms with van der Waals surface area (Å²) >= 11 is 1.56. The van der Waals surface area contributed by atoms with Gasteiger partial charge in [0.1, 0.15) is 0 Å². The highest BCUT2D eigenvalue weighted by Gasteiger charge is 2.29. The third-order valence-electron chi connectivity index (χ3n) is 4.47. The van der Waals surface area contributed by atoms with Crippen LogP contribution >= 0.6 is 11.3 Å². The molecule has 3 rings (SSSR count). The van der Waals surface area contributed by atoms with Crippen molar-refractivity contribution in [3.8, 4) is 5.88 Å². The van der Waals surface area contributed by atoms with Crippen molar-refractivity contribution in [3.05, 3.63) is 39.0 Å². The number of ether oxygens (including phenoxy) is 1. The number of rotatable bonds is 7. The molecule has 1 N–H and O–H groups in total. The van der Waals surface area contributed by atoms with Crippen LogP contribution in [0.3, 0.4) is 0 Å². The highest BCUT2D eigenvalue weighted by molar-refractivity contribution is 7.09. The summed E-state index contributed by atoms with van der Waals surface area (Å²) in [7, 11) is 1.54. The van der Waals surface area contributed by atoms with Gasteiger partial charge in [-0.3, -0.25) is 9.59 Å². The molecular formula is C18H22N4O3S. The van der Waals surface area contributed by atoms with E-state index in [1.54, 1.807) is 34.9 Å². The number of carbonyl (C=O) groups excluding carboxylic acids is 2. The zero-order chi connectivity index (χ0) is 18.7. The van der Waals surface area contributed by atoms with Crippen LogP contribution in [0.15, 0.2) is 11.6 Å². The van der Waals surface area contributed by atoms with Crippen LogP contribution in [0.25, 0.3) is 0 Å². The molecule has 0 spiro atoms. The van der Waals surface area contributed by atoms with Gasteiger partial charge in [0.25, 0.3) is 5.91 Å². The van der Waals surface area contributed by atoms with E-state index in [0.717, 1.165) is 16.3 Å². The van der Waals surface area contributed by atoms with Crippen molar-refractivity contribution >= 4 is 23.2 Å². The van der Waals surface area contributed by atoms with Crippen LogP contribution in [-0.2, 0) is 24.3 Å².